The molecule has 0 fully saturated rings. The van der Waals surface area contributed by atoms with Crippen LogP contribution in [0.2, 0.25) is 0 Å². The Bertz CT molecular complexity index is 1090. The Morgan fingerprint density at radius 2 is 2.04 bits per heavy atom. The summed E-state index contributed by atoms with van der Waals surface area (Å²) in [6.45, 7) is 1.80. The minimum absolute atomic E-state index is 0.347. The maximum atomic E-state index is 11.7. The van der Waals surface area contributed by atoms with Crippen molar-refractivity contribution in [2.75, 3.05) is 23.4 Å². The molecule has 2 N–H and O–H groups in total. The number of aryl methyl sites for hydroxylation is 1. The number of carbonyl (C=O) groups excluding carboxylic acids is 1. The highest BCUT2D eigenvalue weighted by atomic mass is 32.2. The van der Waals surface area contributed by atoms with Crippen LogP contribution in [0.25, 0.3) is 5.52 Å². The van der Waals surface area contributed by atoms with Gasteiger partial charge < -0.3 is 10.1 Å². The van der Waals surface area contributed by atoms with Crippen LogP contribution in [0.1, 0.15) is 15.9 Å². The lowest BCUT2D eigenvalue weighted by atomic mass is 10.2. The van der Waals surface area contributed by atoms with E-state index in [9.17, 15) is 13.2 Å². The Morgan fingerprint density at radius 1 is 1.27 bits per heavy atom. The summed E-state index contributed by atoms with van der Waals surface area (Å²) in [5.41, 5.74) is 2.80. The highest BCUT2D eigenvalue weighted by Crippen LogP contribution is 2.25. The molecule has 0 saturated carbocycles. The number of benzene rings is 1. The third-order valence-corrected chi connectivity index (χ3v) is 4.21. The van der Waals surface area contributed by atoms with E-state index < -0.39 is 16.0 Å². The maximum absolute atomic E-state index is 11.7. The predicted octanol–water partition coefficient (Wildman–Crippen LogP) is 1.94. The van der Waals surface area contributed by atoms with Gasteiger partial charge >= 0.3 is 5.97 Å². The highest BCUT2D eigenvalue weighted by Gasteiger charge is 2.13. The first kappa shape index (κ1) is 17.7. The molecule has 0 spiro atoms. The Hall–Kier alpha value is -3.14. The van der Waals surface area contributed by atoms with Gasteiger partial charge in [0.05, 0.1) is 24.6 Å². The van der Waals surface area contributed by atoms with Crippen molar-refractivity contribution < 1.29 is 17.9 Å². The van der Waals surface area contributed by atoms with Crippen molar-refractivity contribution in [3.8, 4) is 0 Å². The van der Waals surface area contributed by atoms with E-state index in [0.717, 1.165) is 11.8 Å². The molecule has 2 aromatic heterocycles. The van der Waals surface area contributed by atoms with E-state index in [0.29, 0.717) is 28.3 Å². The number of hydrogen-bond acceptors (Lipinski definition) is 7. The van der Waals surface area contributed by atoms with Gasteiger partial charge in [-0.15, -0.1) is 0 Å². The number of rotatable bonds is 5. The average molecular weight is 375 g/mol. The summed E-state index contributed by atoms with van der Waals surface area (Å²) in [5.74, 6) is -0.0132. The van der Waals surface area contributed by atoms with E-state index in [1.54, 1.807) is 37.4 Å². The molecule has 0 saturated heterocycles. The maximum Gasteiger partial charge on any atom is 0.339 e. The molecule has 0 radical (unpaired) electrons. The first-order valence-corrected chi connectivity index (χ1v) is 9.43. The van der Waals surface area contributed by atoms with Crippen LogP contribution >= 0.6 is 0 Å². The van der Waals surface area contributed by atoms with Crippen molar-refractivity contribution in [3.05, 3.63) is 47.9 Å². The van der Waals surface area contributed by atoms with Crippen LogP contribution in [-0.4, -0.2) is 42.4 Å². The molecule has 26 heavy (non-hydrogen) atoms. The number of sulfonamides is 1. The lowest BCUT2D eigenvalue weighted by Crippen LogP contribution is -2.10. The van der Waals surface area contributed by atoms with Gasteiger partial charge in [-0.2, -0.15) is 5.10 Å². The van der Waals surface area contributed by atoms with E-state index in [2.05, 4.69) is 20.1 Å². The van der Waals surface area contributed by atoms with E-state index in [1.807, 2.05) is 0 Å². The molecular weight excluding hydrogens is 358 g/mol. The van der Waals surface area contributed by atoms with Gasteiger partial charge in [-0.05, 0) is 30.7 Å². The summed E-state index contributed by atoms with van der Waals surface area (Å²) in [6.07, 6.45) is 3.98. The van der Waals surface area contributed by atoms with Crippen LogP contribution < -0.4 is 10.0 Å². The van der Waals surface area contributed by atoms with E-state index in [-0.39, 0.29) is 0 Å². The zero-order chi connectivity index (χ0) is 18.9. The number of hydrogen-bond donors (Lipinski definition) is 2. The molecule has 0 atom stereocenters. The number of carbonyl (C=O) groups is 1. The lowest BCUT2D eigenvalue weighted by Gasteiger charge is -2.12. The number of methoxy groups -OCH3 is 1. The molecule has 2 heterocycles. The van der Waals surface area contributed by atoms with Crippen molar-refractivity contribution in [2.45, 2.75) is 6.92 Å². The SMILES string of the molecule is COC(=O)c1cc2c(Nc3ccc(C)c(NS(C)(=O)=O)c3)ncnn2c1. The van der Waals surface area contributed by atoms with E-state index >= 15 is 0 Å². The molecule has 0 unspecified atom stereocenters. The second-order valence-electron chi connectivity index (χ2n) is 5.69. The number of anilines is 3. The smallest absolute Gasteiger partial charge is 0.339 e. The van der Waals surface area contributed by atoms with Gasteiger partial charge in [0.15, 0.2) is 5.82 Å². The van der Waals surface area contributed by atoms with Crippen LogP contribution in [0, 0.1) is 6.92 Å². The van der Waals surface area contributed by atoms with Gasteiger partial charge in [0, 0.05) is 11.9 Å². The van der Waals surface area contributed by atoms with Gasteiger partial charge in [-0.3, -0.25) is 4.72 Å². The summed E-state index contributed by atoms with van der Waals surface area (Å²) in [4.78, 5) is 15.9. The summed E-state index contributed by atoms with van der Waals surface area (Å²) >= 11 is 0. The summed E-state index contributed by atoms with van der Waals surface area (Å²) in [7, 11) is -2.09. The van der Waals surface area contributed by atoms with E-state index in [4.69, 9.17) is 4.74 Å². The zero-order valence-electron chi connectivity index (χ0n) is 14.3. The van der Waals surface area contributed by atoms with Crippen molar-refractivity contribution in [1.29, 1.82) is 0 Å². The quantitative estimate of drug-likeness (QED) is 0.655. The van der Waals surface area contributed by atoms with Crippen LogP contribution in [0.4, 0.5) is 17.2 Å². The average Bonchev–Trinajstić information content (AvgIpc) is 3.01. The standard InChI is InChI=1S/C16H17N5O4S/c1-10-4-5-12(7-13(10)20-26(3,23)24)19-15-14-6-11(16(22)25-2)8-21(14)18-9-17-15/h4-9,20H,1-3H3,(H,17,18,19). The van der Waals surface area contributed by atoms with Gasteiger partial charge in [-0.1, -0.05) is 6.07 Å². The summed E-state index contributed by atoms with van der Waals surface area (Å²) in [5, 5.41) is 7.18. The van der Waals surface area contributed by atoms with Crippen LogP contribution in [0.3, 0.4) is 0 Å². The molecule has 0 bridgehead atoms. The normalized spacial score (nSPS) is 11.3. The fourth-order valence-corrected chi connectivity index (χ4v) is 3.02. The number of ether oxygens (including phenoxy) is 1. The molecular formula is C16H17N5O4S. The van der Waals surface area contributed by atoms with Crippen molar-refractivity contribution in [2.24, 2.45) is 0 Å². The highest BCUT2D eigenvalue weighted by molar-refractivity contribution is 7.92. The Labute approximate surface area is 150 Å². The zero-order valence-corrected chi connectivity index (χ0v) is 15.2. The molecule has 136 valence electrons. The first-order chi connectivity index (χ1) is 12.3. The molecule has 0 aliphatic rings. The third kappa shape index (κ3) is 3.75. The van der Waals surface area contributed by atoms with Gasteiger partial charge in [0.2, 0.25) is 10.0 Å². The number of nitrogens with one attached hydrogen (secondary N) is 2. The number of aromatic nitrogens is 3. The van der Waals surface area contributed by atoms with Gasteiger partial charge in [0.1, 0.15) is 11.8 Å². The van der Waals surface area contributed by atoms with E-state index in [1.165, 1.54) is 18.0 Å². The number of nitrogens with zero attached hydrogens (tertiary/aromatic N) is 3. The topological polar surface area (TPSA) is 115 Å². The van der Waals surface area contributed by atoms with Gasteiger partial charge in [0.25, 0.3) is 0 Å². The van der Waals surface area contributed by atoms with Crippen LogP contribution in [-0.2, 0) is 14.8 Å². The minimum atomic E-state index is -3.39. The van der Waals surface area contributed by atoms with Crippen LogP contribution in [0.5, 0.6) is 0 Å². The molecule has 0 amide bonds. The predicted molar refractivity (Wildman–Crippen MR) is 97.3 cm³/mol. The first-order valence-electron chi connectivity index (χ1n) is 7.54. The molecule has 1 aromatic carbocycles. The molecule has 10 heteroatoms. The summed E-state index contributed by atoms with van der Waals surface area (Å²) in [6, 6.07) is 6.86. The largest absolute Gasteiger partial charge is 0.465 e. The number of esters is 1. The number of fused-ring (bicyclic) bond motifs is 1. The van der Waals surface area contributed by atoms with Crippen molar-refractivity contribution >= 4 is 38.7 Å². The van der Waals surface area contributed by atoms with Crippen molar-refractivity contribution in [1.82, 2.24) is 14.6 Å². The van der Waals surface area contributed by atoms with Crippen LogP contribution in [0.15, 0.2) is 36.8 Å². The molecule has 9 nitrogen and oxygen atoms in total. The fourth-order valence-electron chi connectivity index (χ4n) is 2.40. The molecule has 0 aliphatic heterocycles. The Kier molecular flexibility index (Phi) is 4.51. The fraction of sp³-hybridized carbons (Fsp3) is 0.188. The molecule has 3 rings (SSSR count). The second-order valence-corrected chi connectivity index (χ2v) is 7.44. The molecule has 3 aromatic rings. The summed E-state index contributed by atoms with van der Waals surface area (Å²) < 4.78 is 31.7. The third-order valence-electron chi connectivity index (χ3n) is 3.62. The minimum Gasteiger partial charge on any atom is -0.465 e. The van der Waals surface area contributed by atoms with Gasteiger partial charge in [-0.25, -0.2) is 22.7 Å². The monoisotopic (exact) mass is 375 g/mol. The Morgan fingerprint density at radius 3 is 2.73 bits per heavy atom. The molecule has 0 aliphatic carbocycles. The Balaban J connectivity index is 1.97. The lowest BCUT2D eigenvalue weighted by molar-refractivity contribution is 0.0601. The second kappa shape index (κ2) is 6.64. The van der Waals surface area contributed by atoms with Crippen molar-refractivity contribution in [3.63, 3.8) is 0 Å².